The highest BCUT2D eigenvalue weighted by Gasteiger charge is 2.15. The van der Waals surface area contributed by atoms with Crippen LogP contribution in [0.15, 0.2) is 87.8 Å². The maximum absolute atomic E-state index is 4.54. The Hall–Kier alpha value is -3.38. The van der Waals surface area contributed by atoms with Crippen molar-refractivity contribution in [2.75, 3.05) is 10.7 Å². The molecule has 2 heterocycles. The number of fused-ring (bicyclic) bond motifs is 3. The summed E-state index contributed by atoms with van der Waals surface area (Å²) >= 11 is 1.78. The molecule has 2 N–H and O–H groups in total. The summed E-state index contributed by atoms with van der Waals surface area (Å²) in [6, 6.07) is 22.7. The summed E-state index contributed by atoms with van der Waals surface area (Å²) in [5.41, 5.74) is 7.23. The molecule has 0 bridgehead atoms. The van der Waals surface area contributed by atoms with Crippen molar-refractivity contribution in [3.05, 3.63) is 78.5 Å². The van der Waals surface area contributed by atoms with E-state index in [1.165, 1.54) is 9.79 Å². The van der Waals surface area contributed by atoms with E-state index in [2.05, 4.69) is 62.4 Å². The Balaban J connectivity index is 1.42. The number of nitrogens with zero attached hydrogens (tertiary/aromatic N) is 3. The maximum Gasteiger partial charge on any atom is 0.176 e. The molecule has 6 heteroatoms. The van der Waals surface area contributed by atoms with Crippen LogP contribution in [0, 0.1) is 0 Å². The Morgan fingerprint density at radius 1 is 0.964 bits per heavy atom. The lowest BCUT2D eigenvalue weighted by Crippen LogP contribution is -2.05. The van der Waals surface area contributed by atoms with Crippen LogP contribution in [0.5, 0.6) is 0 Å². The monoisotopic (exact) mass is 383 g/mol. The molecule has 5 rings (SSSR count). The van der Waals surface area contributed by atoms with Gasteiger partial charge in [-0.15, -0.1) is 5.10 Å². The van der Waals surface area contributed by atoms with Crippen molar-refractivity contribution in [1.82, 2.24) is 10.2 Å². The molecule has 136 valence electrons. The zero-order valence-corrected chi connectivity index (χ0v) is 16.0. The lowest BCUT2D eigenvalue weighted by atomic mass is 10.1. The number of anilines is 3. The number of hydrogen-bond donors (Lipinski definition) is 2. The van der Waals surface area contributed by atoms with E-state index in [-0.39, 0.29) is 0 Å². The predicted molar refractivity (Wildman–Crippen MR) is 116 cm³/mol. The molecule has 0 atom stereocenters. The number of aromatic nitrogens is 2. The topological polar surface area (TPSA) is 62.2 Å². The molecule has 0 amide bonds. The van der Waals surface area contributed by atoms with Gasteiger partial charge in [-0.2, -0.15) is 10.2 Å². The molecule has 3 aromatic carbocycles. The van der Waals surface area contributed by atoms with Gasteiger partial charge < -0.3 is 5.32 Å². The Kier molecular flexibility index (Phi) is 4.18. The average Bonchev–Trinajstić information content (AvgIpc) is 2.75. The van der Waals surface area contributed by atoms with Crippen molar-refractivity contribution in [2.45, 2.75) is 16.7 Å². The molecule has 1 aromatic heterocycles. The molecule has 0 fully saturated rings. The normalized spacial score (nSPS) is 12.8. The van der Waals surface area contributed by atoms with E-state index < -0.39 is 0 Å². The zero-order chi connectivity index (χ0) is 18.9. The summed E-state index contributed by atoms with van der Waals surface area (Å²) in [6.45, 7) is 1.98. The highest BCUT2D eigenvalue weighted by molar-refractivity contribution is 7.99. The first-order valence-electron chi connectivity index (χ1n) is 8.97. The number of nitrogens with one attached hydrogen (secondary N) is 2. The van der Waals surface area contributed by atoms with Gasteiger partial charge in [0.1, 0.15) is 0 Å². The van der Waals surface area contributed by atoms with Gasteiger partial charge in [-0.3, -0.25) is 5.43 Å². The predicted octanol–water partition coefficient (Wildman–Crippen LogP) is 5.67. The Morgan fingerprint density at radius 2 is 1.79 bits per heavy atom. The van der Waals surface area contributed by atoms with Gasteiger partial charge in [-0.25, -0.2) is 0 Å². The third kappa shape index (κ3) is 3.08. The SMILES string of the molecule is CC(=NNc1nncc2ccccc12)c1ccc2c(c1)Nc1ccccc1S2. The molecule has 5 nitrogen and oxygen atoms in total. The molecule has 1 aliphatic rings. The van der Waals surface area contributed by atoms with E-state index in [1.54, 1.807) is 18.0 Å². The lowest BCUT2D eigenvalue weighted by Gasteiger charge is -2.21. The number of rotatable bonds is 3. The fraction of sp³-hybridized carbons (Fsp3) is 0.0455. The van der Waals surface area contributed by atoms with E-state index in [4.69, 9.17) is 0 Å². The van der Waals surface area contributed by atoms with Crippen LogP contribution >= 0.6 is 11.8 Å². The number of hydrazone groups is 1. The molecule has 0 unspecified atom stereocenters. The largest absolute Gasteiger partial charge is 0.354 e. The summed E-state index contributed by atoms with van der Waals surface area (Å²) in [4.78, 5) is 2.45. The van der Waals surface area contributed by atoms with Gasteiger partial charge in [0.25, 0.3) is 0 Å². The smallest absolute Gasteiger partial charge is 0.176 e. The van der Waals surface area contributed by atoms with Gasteiger partial charge in [0, 0.05) is 20.6 Å². The van der Waals surface area contributed by atoms with E-state index in [0.717, 1.165) is 33.4 Å². The van der Waals surface area contributed by atoms with Gasteiger partial charge in [0.15, 0.2) is 5.82 Å². The van der Waals surface area contributed by atoms with Crippen LogP contribution in [-0.2, 0) is 0 Å². The van der Waals surface area contributed by atoms with Crippen molar-refractivity contribution >= 4 is 45.4 Å². The number of para-hydroxylation sites is 1. The third-order valence-corrected chi connectivity index (χ3v) is 5.83. The van der Waals surface area contributed by atoms with Crippen molar-refractivity contribution in [3.8, 4) is 0 Å². The van der Waals surface area contributed by atoms with Crippen LogP contribution in [0.3, 0.4) is 0 Å². The second kappa shape index (κ2) is 6.98. The summed E-state index contributed by atoms with van der Waals surface area (Å²) in [5, 5.41) is 18.3. The molecule has 1 aliphatic heterocycles. The van der Waals surface area contributed by atoms with E-state index in [9.17, 15) is 0 Å². The van der Waals surface area contributed by atoms with Gasteiger partial charge in [-0.1, -0.05) is 54.2 Å². The van der Waals surface area contributed by atoms with Crippen LogP contribution in [0.1, 0.15) is 12.5 Å². The van der Waals surface area contributed by atoms with Crippen LogP contribution in [0.2, 0.25) is 0 Å². The van der Waals surface area contributed by atoms with Crippen molar-refractivity contribution in [1.29, 1.82) is 0 Å². The molecule has 0 radical (unpaired) electrons. The van der Waals surface area contributed by atoms with Gasteiger partial charge in [0.05, 0.1) is 23.3 Å². The number of hydrogen-bond acceptors (Lipinski definition) is 6. The minimum atomic E-state index is 0.651. The summed E-state index contributed by atoms with van der Waals surface area (Å²) in [7, 11) is 0. The highest BCUT2D eigenvalue weighted by Crippen LogP contribution is 2.44. The third-order valence-electron chi connectivity index (χ3n) is 4.67. The fourth-order valence-corrected chi connectivity index (χ4v) is 4.14. The Morgan fingerprint density at radius 3 is 2.75 bits per heavy atom. The van der Waals surface area contributed by atoms with Gasteiger partial charge in [-0.05, 0) is 36.8 Å². The van der Waals surface area contributed by atoms with Crippen molar-refractivity contribution < 1.29 is 0 Å². The van der Waals surface area contributed by atoms with Crippen LogP contribution in [0.25, 0.3) is 10.8 Å². The maximum atomic E-state index is 4.54. The van der Waals surface area contributed by atoms with Crippen LogP contribution in [-0.4, -0.2) is 15.9 Å². The van der Waals surface area contributed by atoms with E-state index in [1.807, 2.05) is 37.3 Å². The van der Waals surface area contributed by atoms with Crippen molar-refractivity contribution in [3.63, 3.8) is 0 Å². The number of benzene rings is 3. The highest BCUT2D eigenvalue weighted by atomic mass is 32.2. The first-order chi connectivity index (χ1) is 13.8. The fourth-order valence-electron chi connectivity index (χ4n) is 3.18. The molecule has 0 saturated heterocycles. The van der Waals surface area contributed by atoms with E-state index >= 15 is 0 Å². The van der Waals surface area contributed by atoms with Crippen LogP contribution in [0.4, 0.5) is 17.2 Å². The lowest BCUT2D eigenvalue weighted by molar-refractivity contribution is 1.04. The van der Waals surface area contributed by atoms with Gasteiger partial charge in [0.2, 0.25) is 0 Å². The molecule has 28 heavy (non-hydrogen) atoms. The standard InChI is InChI=1S/C22H17N5S/c1-14(25-27-22-17-7-3-2-6-16(17)13-23-26-22)15-10-11-21-19(12-15)24-18-8-4-5-9-20(18)28-21/h2-13,24H,1H3,(H,26,27). The van der Waals surface area contributed by atoms with Gasteiger partial charge >= 0.3 is 0 Å². The molecule has 4 aromatic rings. The summed E-state index contributed by atoms with van der Waals surface area (Å²) < 4.78 is 0. The minimum Gasteiger partial charge on any atom is -0.354 e. The first-order valence-corrected chi connectivity index (χ1v) is 9.79. The van der Waals surface area contributed by atoms with E-state index in [0.29, 0.717) is 5.82 Å². The molecule has 0 spiro atoms. The Labute approximate surface area is 166 Å². The van der Waals surface area contributed by atoms with Crippen molar-refractivity contribution in [2.24, 2.45) is 5.10 Å². The quantitative estimate of drug-likeness (QED) is 0.310. The average molecular weight is 383 g/mol. The second-order valence-corrected chi connectivity index (χ2v) is 7.61. The first kappa shape index (κ1) is 16.8. The summed E-state index contributed by atoms with van der Waals surface area (Å²) in [6.07, 6.45) is 1.75. The zero-order valence-electron chi connectivity index (χ0n) is 15.2. The molecular weight excluding hydrogens is 366 g/mol. The minimum absolute atomic E-state index is 0.651. The second-order valence-electron chi connectivity index (χ2n) is 6.52. The van der Waals surface area contributed by atoms with Crippen LogP contribution < -0.4 is 10.7 Å². The summed E-state index contributed by atoms with van der Waals surface area (Å²) in [5.74, 6) is 0.651. The molecule has 0 aliphatic carbocycles. The molecular formula is C22H17N5S. The molecule has 0 saturated carbocycles. The Bertz CT molecular complexity index is 1210.